The molecule has 1 aliphatic carbocycles. The van der Waals surface area contributed by atoms with Crippen molar-refractivity contribution < 1.29 is 29.0 Å². The van der Waals surface area contributed by atoms with Crippen LogP contribution in [-0.2, 0) is 19.1 Å². The van der Waals surface area contributed by atoms with Crippen molar-refractivity contribution in [3.05, 3.63) is 59.7 Å². The maximum absolute atomic E-state index is 13.5. The summed E-state index contributed by atoms with van der Waals surface area (Å²) in [5.74, 6) is -1.36. The highest BCUT2D eigenvalue weighted by atomic mass is 32.2. The summed E-state index contributed by atoms with van der Waals surface area (Å²) in [7, 11) is 1.44. The molecule has 2 aliphatic rings. The first-order valence-electron chi connectivity index (χ1n) is 11.7. The van der Waals surface area contributed by atoms with Crippen molar-refractivity contribution in [1.29, 1.82) is 0 Å². The van der Waals surface area contributed by atoms with E-state index in [-0.39, 0.29) is 17.9 Å². The van der Waals surface area contributed by atoms with Crippen molar-refractivity contribution in [2.75, 3.05) is 19.5 Å². The summed E-state index contributed by atoms with van der Waals surface area (Å²) in [5, 5.41) is 12.0. The molecule has 4 rings (SSSR count). The molecule has 186 valence electrons. The number of rotatable bonds is 8. The van der Waals surface area contributed by atoms with Crippen LogP contribution in [-0.4, -0.2) is 71.0 Å². The Morgan fingerprint density at radius 3 is 2.26 bits per heavy atom. The number of benzene rings is 2. The van der Waals surface area contributed by atoms with Gasteiger partial charge in [0.1, 0.15) is 18.7 Å². The van der Waals surface area contributed by atoms with Crippen molar-refractivity contribution in [3.63, 3.8) is 0 Å². The first-order chi connectivity index (χ1) is 16.9. The Balaban J connectivity index is 1.48. The van der Waals surface area contributed by atoms with Gasteiger partial charge < -0.3 is 24.8 Å². The molecule has 9 heteroatoms. The second kappa shape index (κ2) is 10.7. The summed E-state index contributed by atoms with van der Waals surface area (Å²) in [6.07, 6.45) is -0.833. The molecule has 1 saturated heterocycles. The van der Waals surface area contributed by atoms with Gasteiger partial charge in [0, 0.05) is 18.8 Å². The van der Waals surface area contributed by atoms with Crippen LogP contribution in [0, 0.1) is 0 Å². The summed E-state index contributed by atoms with van der Waals surface area (Å²) in [6, 6.07) is 14.0. The fraction of sp³-hybridized carbons (Fsp3) is 0.423. The molecule has 2 amide bonds. The van der Waals surface area contributed by atoms with Gasteiger partial charge in [-0.1, -0.05) is 55.5 Å². The fourth-order valence-corrected chi connectivity index (χ4v) is 6.16. The van der Waals surface area contributed by atoms with Gasteiger partial charge in [0.2, 0.25) is 5.91 Å². The standard InChI is InChI=1S/C26H30N2O6S/c1-4-22-28(21(14-35-22)25(30)31)24(29)23(15(2)33-3)27-26(32)34-13-20-18-11-7-5-9-16(18)17-10-6-8-12-19(17)20/h5-12,15,20-23H,4,13-14H2,1-3H3,(H,27,32)(H,30,31)/t15-,21?,22?,23+/m1/s1. The minimum Gasteiger partial charge on any atom is -0.480 e. The molecular weight excluding hydrogens is 468 g/mol. The number of hydrogen-bond acceptors (Lipinski definition) is 6. The monoisotopic (exact) mass is 498 g/mol. The lowest BCUT2D eigenvalue weighted by Crippen LogP contribution is -2.58. The van der Waals surface area contributed by atoms with Gasteiger partial charge in [0.15, 0.2) is 0 Å². The predicted molar refractivity (Wildman–Crippen MR) is 133 cm³/mol. The number of aliphatic carboxylic acids is 1. The Bertz CT molecular complexity index is 1060. The molecule has 2 unspecified atom stereocenters. The Morgan fingerprint density at radius 2 is 1.71 bits per heavy atom. The summed E-state index contributed by atoms with van der Waals surface area (Å²) in [6.45, 7) is 3.67. The summed E-state index contributed by atoms with van der Waals surface area (Å²) >= 11 is 1.42. The minimum atomic E-state index is -1.08. The fourth-order valence-electron chi connectivity index (χ4n) is 4.81. The van der Waals surface area contributed by atoms with Gasteiger partial charge in [-0.2, -0.15) is 0 Å². The average molecular weight is 499 g/mol. The van der Waals surface area contributed by atoms with Crippen molar-refractivity contribution in [3.8, 4) is 11.1 Å². The second-order valence-corrected chi connectivity index (χ2v) is 9.89. The Kier molecular flexibility index (Phi) is 7.66. The Morgan fingerprint density at radius 1 is 1.11 bits per heavy atom. The molecule has 1 heterocycles. The normalized spacial score (nSPS) is 20.6. The number of carboxylic acids is 1. The Hall–Kier alpha value is -3.04. The van der Waals surface area contributed by atoms with Gasteiger partial charge in [0.05, 0.1) is 11.5 Å². The molecule has 2 aromatic rings. The predicted octanol–water partition coefficient (Wildman–Crippen LogP) is 3.69. The number of amides is 2. The van der Waals surface area contributed by atoms with E-state index in [0.717, 1.165) is 22.3 Å². The lowest BCUT2D eigenvalue weighted by molar-refractivity contribution is -0.151. The van der Waals surface area contributed by atoms with Crippen LogP contribution in [0.4, 0.5) is 4.79 Å². The Labute approximate surface area is 209 Å². The third-order valence-corrected chi connectivity index (χ3v) is 8.16. The number of carbonyl (C=O) groups excluding carboxylic acids is 2. The second-order valence-electron chi connectivity index (χ2n) is 8.68. The van der Waals surface area contributed by atoms with E-state index in [1.807, 2.05) is 43.3 Å². The van der Waals surface area contributed by atoms with E-state index in [0.29, 0.717) is 12.2 Å². The molecular formula is C26H30N2O6S. The smallest absolute Gasteiger partial charge is 0.407 e. The van der Waals surface area contributed by atoms with Gasteiger partial charge in [0.25, 0.3) is 0 Å². The summed E-state index contributed by atoms with van der Waals surface area (Å²) in [5.41, 5.74) is 4.41. The van der Waals surface area contributed by atoms with Crippen LogP contribution >= 0.6 is 11.8 Å². The third kappa shape index (κ3) is 4.88. The number of carbonyl (C=O) groups is 3. The number of thioether (sulfide) groups is 1. The molecule has 2 aromatic carbocycles. The molecule has 35 heavy (non-hydrogen) atoms. The largest absolute Gasteiger partial charge is 0.480 e. The summed E-state index contributed by atoms with van der Waals surface area (Å²) in [4.78, 5) is 39.4. The molecule has 0 aromatic heterocycles. The average Bonchev–Trinajstić information content (AvgIpc) is 3.45. The van der Waals surface area contributed by atoms with Gasteiger partial charge in [-0.05, 0) is 35.6 Å². The van der Waals surface area contributed by atoms with E-state index in [4.69, 9.17) is 9.47 Å². The van der Waals surface area contributed by atoms with E-state index in [2.05, 4.69) is 17.4 Å². The van der Waals surface area contributed by atoms with Crippen molar-refractivity contribution in [1.82, 2.24) is 10.2 Å². The zero-order chi connectivity index (χ0) is 25.1. The third-order valence-electron chi connectivity index (χ3n) is 6.71. The van der Waals surface area contributed by atoms with Crippen LogP contribution in [0.1, 0.15) is 37.3 Å². The quantitative estimate of drug-likeness (QED) is 0.572. The van der Waals surface area contributed by atoms with Crippen molar-refractivity contribution in [2.24, 2.45) is 0 Å². The van der Waals surface area contributed by atoms with E-state index >= 15 is 0 Å². The van der Waals surface area contributed by atoms with E-state index in [9.17, 15) is 19.5 Å². The molecule has 8 nitrogen and oxygen atoms in total. The van der Waals surface area contributed by atoms with Gasteiger partial charge in [-0.15, -0.1) is 11.8 Å². The zero-order valence-electron chi connectivity index (χ0n) is 20.0. The van der Waals surface area contributed by atoms with Crippen molar-refractivity contribution in [2.45, 2.75) is 49.7 Å². The van der Waals surface area contributed by atoms with Crippen LogP contribution in [0.25, 0.3) is 11.1 Å². The molecule has 0 radical (unpaired) electrons. The molecule has 1 fully saturated rings. The number of nitrogens with one attached hydrogen (secondary N) is 1. The van der Waals surface area contributed by atoms with Gasteiger partial charge in [-0.25, -0.2) is 9.59 Å². The van der Waals surface area contributed by atoms with Crippen LogP contribution < -0.4 is 5.32 Å². The lowest BCUT2D eigenvalue weighted by Gasteiger charge is -2.32. The highest BCUT2D eigenvalue weighted by Crippen LogP contribution is 2.44. The van der Waals surface area contributed by atoms with E-state index in [1.165, 1.54) is 23.8 Å². The van der Waals surface area contributed by atoms with E-state index in [1.54, 1.807) is 6.92 Å². The van der Waals surface area contributed by atoms with Gasteiger partial charge >= 0.3 is 12.1 Å². The number of ether oxygens (including phenoxy) is 2. The molecule has 0 spiro atoms. The molecule has 0 bridgehead atoms. The lowest BCUT2D eigenvalue weighted by atomic mass is 9.98. The summed E-state index contributed by atoms with van der Waals surface area (Å²) < 4.78 is 11.0. The number of carboxylic acid groups (broad SMARTS) is 1. The van der Waals surface area contributed by atoms with Crippen LogP contribution in [0.5, 0.6) is 0 Å². The highest BCUT2D eigenvalue weighted by Gasteiger charge is 2.45. The van der Waals surface area contributed by atoms with Crippen molar-refractivity contribution >= 4 is 29.7 Å². The molecule has 1 aliphatic heterocycles. The number of nitrogens with zero attached hydrogens (tertiary/aromatic N) is 1. The first-order valence-corrected chi connectivity index (χ1v) is 12.7. The highest BCUT2D eigenvalue weighted by molar-refractivity contribution is 8.00. The van der Waals surface area contributed by atoms with Crippen LogP contribution in [0.2, 0.25) is 0 Å². The number of fused-ring (bicyclic) bond motifs is 3. The number of methoxy groups -OCH3 is 1. The maximum Gasteiger partial charge on any atom is 0.407 e. The SMILES string of the molecule is CCC1SCC(C(=O)O)N1C(=O)[C@@H](NC(=O)OCC1c2ccccc2-c2ccccc21)[C@@H](C)OC. The van der Waals surface area contributed by atoms with Gasteiger partial charge in [-0.3, -0.25) is 4.79 Å². The van der Waals surface area contributed by atoms with Crippen LogP contribution in [0.15, 0.2) is 48.5 Å². The number of alkyl carbamates (subject to hydrolysis) is 1. The number of hydrogen-bond donors (Lipinski definition) is 2. The van der Waals surface area contributed by atoms with Crippen LogP contribution in [0.3, 0.4) is 0 Å². The molecule has 2 N–H and O–H groups in total. The topological polar surface area (TPSA) is 105 Å². The minimum absolute atomic E-state index is 0.108. The zero-order valence-corrected chi connectivity index (χ0v) is 20.8. The maximum atomic E-state index is 13.5. The first kappa shape index (κ1) is 25.1. The molecule has 0 saturated carbocycles. The van der Waals surface area contributed by atoms with E-state index < -0.39 is 36.2 Å². The molecule has 4 atom stereocenters.